The summed E-state index contributed by atoms with van der Waals surface area (Å²) in [6.45, 7) is 2.84. The minimum absolute atomic E-state index is 0. The van der Waals surface area contributed by atoms with Crippen molar-refractivity contribution in [3.05, 3.63) is 60.2 Å². The fourth-order valence-corrected chi connectivity index (χ4v) is 6.47. The van der Waals surface area contributed by atoms with Crippen LogP contribution in [0.5, 0.6) is 0 Å². The average molecular weight is 567 g/mol. The van der Waals surface area contributed by atoms with Crippen LogP contribution < -0.4 is 60.6 Å². The first-order valence-electron chi connectivity index (χ1n) is 14.7. The smallest absolute Gasteiger partial charge is 0.731 e. The van der Waals surface area contributed by atoms with E-state index >= 15 is 0 Å². The molecule has 1 heterocycles. The molecule has 38 heavy (non-hydrogen) atoms. The third-order valence-corrected chi connectivity index (χ3v) is 8.48. The Hall–Kier alpha value is -0.414. The van der Waals surface area contributed by atoms with Crippen LogP contribution in [0.15, 0.2) is 54.6 Å². The normalized spacial score (nSPS) is 14.9. The van der Waals surface area contributed by atoms with E-state index in [1.165, 1.54) is 83.5 Å². The molecule has 0 amide bonds. The standard InChI is InChI=1S/C31H48N2O3S.K/c1-2-3-4-5-6-7-8-9-10-11-12-13-14-15-19-26-31-32(27-28-22-17-16-18-23-28)29-24-20-21-25-30(29)33(31)37(34,35)36;/h16-18,20-25,31H,2-15,19,26-27H2,1H3,(H,34,35,36);/q;+1/p-1. The number of fused-ring (bicyclic) bond motifs is 1. The number of benzene rings is 2. The summed E-state index contributed by atoms with van der Waals surface area (Å²) in [6.07, 6.45) is 19.6. The summed E-state index contributed by atoms with van der Waals surface area (Å²) in [7, 11) is -4.62. The topological polar surface area (TPSA) is 63.7 Å². The molecule has 1 unspecified atom stereocenters. The quantitative estimate of drug-likeness (QED) is 0.127. The van der Waals surface area contributed by atoms with Gasteiger partial charge in [0.15, 0.2) is 10.3 Å². The van der Waals surface area contributed by atoms with Crippen LogP contribution in [0.3, 0.4) is 0 Å². The van der Waals surface area contributed by atoms with Crippen molar-refractivity contribution in [3.63, 3.8) is 0 Å². The van der Waals surface area contributed by atoms with Crippen molar-refractivity contribution >= 4 is 21.7 Å². The maximum absolute atomic E-state index is 12.3. The van der Waals surface area contributed by atoms with E-state index in [0.717, 1.165) is 28.4 Å². The molecule has 0 radical (unpaired) electrons. The predicted molar refractivity (Wildman–Crippen MR) is 155 cm³/mol. The van der Waals surface area contributed by atoms with Crippen LogP contribution in [0, 0.1) is 0 Å². The molecule has 7 heteroatoms. The van der Waals surface area contributed by atoms with Crippen LogP contribution in [0.1, 0.15) is 115 Å². The Kier molecular flexibility index (Phi) is 16.8. The van der Waals surface area contributed by atoms with Gasteiger partial charge in [0, 0.05) is 6.54 Å². The molecule has 1 aliphatic heterocycles. The average Bonchev–Trinajstić information content (AvgIpc) is 3.20. The summed E-state index contributed by atoms with van der Waals surface area (Å²) in [4.78, 5) is 2.09. The van der Waals surface area contributed by atoms with Gasteiger partial charge in [-0.15, -0.1) is 0 Å². The molecule has 1 atom stereocenters. The van der Waals surface area contributed by atoms with Crippen LogP contribution in [-0.2, 0) is 16.8 Å². The van der Waals surface area contributed by atoms with Gasteiger partial charge in [-0.1, -0.05) is 139 Å². The third kappa shape index (κ3) is 11.2. The van der Waals surface area contributed by atoms with E-state index in [-0.39, 0.29) is 51.4 Å². The molecule has 1 aliphatic rings. The molecule has 0 bridgehead atoms. The molecule has 206 valence electrons. The Morgan fingerprint density at radius 1 is 0.658 bits per heavy atom. The van der Waals surface area contributed by atoms with Crippen molar-refractivity contribution in [1.82, 2.24) is 0 Å². The van der Waals surface area contributed by atoms with Gasteiger partial charge >= 0.3 is 51.4 Å². The summed E-state index contributed by atoms with van der Waals surface area (Å²) in [5, 5.41) is 0. The zero-order chi connectivity index (χ0) is 26.3. The van der Waals surface area contributed by atoms with E-state index in [0.29, 0.717) is 18.7 Å². The van der Waals surface area contributed by atoms with Crippen LogP contribution in [0.25, 0.3) is 0 Å². The molecule has 0 aromatic heterocycles. The van der Waals surface area contributed by atoms with Crippen molar-refractivity contribution in [3.8, 4) is 0 Å². The van der Waals surface area contributed by atoms with Gasteiger partial charge in [-0.2, -0.15) is 0 Å². The van der Waals surface area contributed by atoms with E-state index in [9.17, 15) is 13.0 Å². The van der Waals surface area contributed by atoms with Crippen molar-refractivity contribution in [1.29, 1.82) is 0 Å². The molecule has 0 fully saturated rings. The second kappa shape index (κ2) is 18.8. The van der Waals surface area contributed by atoms with Gasteiger partial charge in [0.05, 0.1) is 11.4 Å². The van der Waals surface area contributed by atoms with Gasteiger partial charge in [0.2, 0.25) is 0 Å². The van der Waals surface area contributed by atoms with Gasteiger partial charge in [0.1, 0.15) is 6.17 Å². The van der Waals surface area contributed by atoms with Gasteiger partial charge in [-0.3, -0.25) is 4.31 Å². The number of anilines is 2. The number of rotatable bonds is 19. The fourth-order valence-electron chi connectivity index (χ4n) is 5.55. The van der Waals surface area contributed by atoms with E-state index < -0.39 is 16.5 Å². The monoisotopic (exact) mass is 566 g/mol. The first-order chi connectivity index (χ1) is 18.0. The molecule has 0 saturated heterocycles. The number of para-hydroxylation sites is 2. The predicted octanol–water partition coefficient (Wildman–Crippen LogP) is 5.57. The van der Waals surface area contributed by atoms with Crippen molar-refractivity contribution in [2.45, 2.75) is 122 Å². The summed E-state index contributed by atoms with van der Waals surface area (Å²) < 4.78 is 38.0. The maximum Gasteiger partial charge on any atom is 1.00 e. The third-order valence-electron chi connectivity index (χ3n) is 7.56. The molecule has 0 spiro atoms. The Labute approximate surface area is 275 Å². The molecular formula is C31H47KN2O3S. The molecule has 0 aliphatic carbocycles. The second-order valence-electron chi connectivity index (χ2n) is 10.6. The van der Waals surface area contributed by atoms with Gasteiger partial charge in [-0.25, -0.2) is 8.42 Å². The van der Waals surface area contributed by atoms with E-state index in [2.05, 4.69) is 11.8 Å². The fraction of sp³-hybridized carbons (Fsp3) is 0.613. The number of nitrogens with zero attached hydrogens (tertiary/aromatic N) is 2. The molecule has 5 nitrogen and oxygen atoms in total. The number of hydrogen-bond donors (Lipinski definition) is 0. The Morgan fingerprint density at radius 2 is 1.11 bits per heavy atom. The Bertz CT molecular complexity index is 1000. The largest absolute Gasteiger partial charge is 1.00 e. The SMILES string of the molecule is CCCCCCCCCCCCCCCCCC1N(Cc2ccccc2)c2ccccc2N1S(=O)(=O)[O-].[K+]. The van der Waals surface area contributed by atoms with Crippen molar-refractivity contribution in [2.75, 3.05) is 9.21 Å². The van der Waals surface area contributed by atoms with E-state index in [4.69, 9.17) is 0 Å². The molecule has 0 N–H and O–H groups in total. The van der Waals surface area contributed by atoms with Gasteiger partial charge < -0.3 is 9.45 Å². The summed E-state index contributed by atoms with van der Waals surface area (Å²) >= 11 is 0. The molecule has 2 aromatic carbocycles. The molecule has 2 aromatic rings. The summed E-state index contributed by atoms with van der Waals surface area (Å²) in [5.74, 6) is 0. The van der Waals surface area contributed by atoms with Crippen molar-refractivity contribution < 1.29 is 64.4 Å². The molecule has 3 rings (SSSR count). The van der Waals surface area contributed by atoms with Gasteiger partial charge in [-0.05, 0) is 30.5 Å². The van der Waals surface area contributed by atoms with Crippen LogP contribution >= 0.6 is 0 Å². The Morgan fingerprint density at radius 3 is 1.61 bits per heavy atom. The maximum atomic E-state index is 12.3. The molecule has 0 saturated carbocycles. The van der Waals surface area contributed by atoms with E-state index in [1.54, 1.807) is 12.1 Å². The minimum Gasteiger partial charge on any atom is -0.731 e. The van der Waals surface area contributed by atoms with Gasteiger partial charge in [0.25, 0.3) is 0 Å². The first-order valence-corrected chi connectivity index (χ1v) is 16.0. The van der Waals surface area contributed by atoms with Crippen molar-refractivity contribution in [2.24, 2.45) is 0 Å². The Balaban J connectivity index is 0.00000507. The first kappa shape index (κ1) is 33.8. The second-order valence-corrected chi connectivity index (χ2v) is 11.8. The van der Waals surface area contributed by atoms with Crippen LogP contribution in [0.2, 0.25) is 0 Å². The summed E-state index contributed by atoms with van der Waals surface area (Å²) in [6, 6.07) is 17.4. The number of hydrogen-bond acceptors (Lipinski definition) is 4. The zero-order valence-corrected chi connectivity index (χ0v) is 27.8. The minimum atomic E-state index is -4.62. The zero-order valence-electron chi connectivity index (χ0n) is 23.8. The number of unbranched alkanes of at least 4 members (excludes halogenated alkanes) is 14. The van der Waals surface area contributed by atoms with Crippen LogP contribution in [0.4, 0.5) is 11.4 Å². The van der Waals surface area contributed by atoms with E-state index in [1.807, 2.05) is 42.5 Å². The summed E-state index contributed by atoms with van der Waals surface area (Å²) in [5.41, 5.74) is 2.42. The van der Waals surface area contributed by atoms with Crippen LogP contribution in [-0.4, -0.2) is 19.1 Å². The molecular weight excluding hydrogens is 520 g/mol.